The molecule has 7 heteroatoms. The van der Waals surface area contributed by atoms with Crippen molar-refractivity contribution in [3.05, 3.63) is 70.0 Å². The van der Waals surface area contributed by atoms with Crippen LogP contribution >= 0.6 is 11.8 Å². The van der Waals surface area contributed by atoms with Crippen molar-refractivity contribution in [1.82, 2.24) is 0 Å². The van der Waals surface area contributed by atoms with Crippen LogP contribution in [0.2, 0.25) is 0 Å². The third-order valence-corrected chi connectivity index (χ3v) is 6.78. The average Bonchev–Trinajstić information content (AvgIpc) is 2.68. The fourth-order valence-corrected chi connectivity index (χ4v) is 5.13. The number of aliphatic hydroxyl groups is 1. The van der Waals surface area contributed by atoms with Crippen LogP contribution in [0.3, 0.4) is 0 Å². The van der Waals surface area contributed by atoms with Gasteiger partial charge in [0.1, 0.15) is 17.4 Å². The van der Waals surface area contributed by atoms with Crippen molar-refractivity contribution in [1.29, 1.82) is 0 Å². The summed E-state index contributed by atoms with van der Waals surface area (Å²) in [6, 6.07) is 9.03. The predicted molar refractivity (Wildman–Crippen MR) is 121 cm³/mol. The summed E-state index contributed by atoms with van der Waals surface area (Å²) in [5.74, 6) is 0.179. The fraction of sp³-hybridized carbons (Fsp3) is 0.400. The summed E-state index contributed by atoms with van der Waals surface area (Å²) >= 11 is 1.45. The smallest absolute Gasteiger partial charge is 0.416 e. The number of carbonyl (C=O) groups excluding carboxylic acids is 1. The van der Waals surface area contributed by atoms with Crippen molar-refractivity contribution in [2.75, 3.05) is 5.75 Å². The van der Waals surface area contributed by atoms with Gasteiger partial charge in [0.25, 0.3) is 0 Å². The van der Waals surface area contributed by atoms with Gasteiger partial charge >= 0.3 is 12.1 Å². The summed E-state index contributed by atoms with van der Waals surface area (Å²) in [6.45, 7) is 7.76. The lowest BCUT2D eigenvalue weighted by atomic mass is 9.88. The Morgan fingerprint density at radius 2 is 1.72 bits per heavy atom. The first-order valence-corrected chi connectivity index (χ1v) is 11.5. The van der Waals surface area contributed by atoms with E-state index in [1.807, 2.05) is 39.8 Å². The number of ether oxygens (including phenoxy) is 1. The zero-order chi connectivity index (χ0) is 23.6. The molecule has 0 bridgehead atoms. The molecule has 1 N–H and O–H groups in total. The Morgan fingerprint density at radius 3 is 2.25 bits per heavy atom. The first kappa shape index (κ1) is 24.2. The Kier molecular flexibility index (Phi) is 7.28. The highest BCUT2D eigenvalue weighted by Gasteiger charge is 2.34. The summed E-state index contributed by atoms with van der Waals surface area (Å²) in [7, 11) is 0. The molecule has 0 saturated carbocycles. The van der Waals surface area contributed by atoms with Gasteiger partial charge < -0.3 is 9.84 Å². The van der Waals surface area contributed by atoms with Crippen LogP contribution < -0.4 is 0 Å². The number of hydrogen-bond donors (Lipinski definition) is 1. The minimum Gasteiger partial charge on any atom is -0.511 e. The van der Waals surface area contributed by atoms with E-state index in [1.54, 1.807) is 0 Å². The van der Waals surface area contributed by atoms with E-state index in [2.05, 4.69) is 0 Å². The number of rotatable bonds is 6. The van der Waals surface area contributed by atoms with E-state index in [0.717, 1.165) is 39.3 Å². The van der Waals surface area contributed by atoms with Crippen LogP contribution in [0, 0.1) is 26.7 Å². The van der Waals surface area contributed by atoms with E-state index < -0.39 is 23.8 Å². The number of cyclic esters (lactones) is 1. The molecule has 32 heavy (non-hydrogen) atoms. The number of benzene rings is 2. The van der Waals surface area contributed by atoms with E-state index in [0.29, 0.717) is 12.2 Å². The largest absolute Gasteiger partial charge is 0.511 e. The molecule has 2 aromatic carbocycles. The van der Waals surface area contributed by atoms with Crippen LogP contribution in [0.25, 0.3) is 5.57 Å². The zero-order valence-corrected chi connectivity index (χ0v) is 19.4. The molecule has 3 rings (SSSR count). The molecule has 3 nitrogen and oxygen atoms in total. The van der Waals surface area contributed by atoms with Gasteiger partial charge in [-0.2, -0.15) is 13.2 Å². The third-order valence-electron chi connectivity index (χ3n) is 5.73. The van der Waals surface area contributed by atoms with E-state index in [9.17, 15) is 23.1 Å². The van der Waals surface area contributed by atoms with Crippen molar-refractivity contribution >= 4 is 23.3 Å². The summed E-state index contributed by atoms with van der Waals surface area (Å²) in [4.78, 5) is 13.5. The van der Waals surface area contributed by atoms with Gasteiger partial charge in [-0.3, -0.25) is 0 Å². The molecule has 0 amide bonds. The van der Waals surface area contributed by atoms with Crippen molar-refractivity contribution in [3.63, 3.8) is 0 Å². The molecular formula is C25H27F3O3S. The quantitative estimate of drug-likeness (QED) is 0.368. The molecule has 1 aliphatic heterocycles. The number of carbonyl (C=O) groups is 1. The number of thioether (sulfide) groups is 1. The van der Waals surface area contributed by atoms with E-state index >= 15 is 0 Å². The summed E-state index contributed by atoms with van der Waals surface area (Å²) < 4.78 is 43.7. The highest BCUT2D eigenvalue weighted by atomic mass is 32.2. The van der Waals surface area contributed by atoms with Gasteiger partial charge in [-0.1, -0.05) is 24.6 Å². The maximum Gasteiger partial charge on any atom is 0.416 e. The highest BCUT2D eigenvalue weighted by Crippen LogP contribution is 2.36. The Balaban J connectivity index is 1.62. The van der Waals surface area contributed by atoms with Crippen LogP contribution in [-0.2, 0) is 15.7 Å². The maximum absolute atomic E-state index is 12.8. The lowest BCUT2D eigenvalue weighted by Gasteiger charge is -2.30. The molecule has 0 fully saturated rings. The van der Waals surface area contributed by atoms with Gasteiger partial charge in [0.15, 0.2) is 0 Å². The second-order valence-corrected chi connectivity index (χ2v) is 9.55. The predicted octanol–water partition coefficient (Wildman–Crippen LogP) is 7.03. The maximum atomic E-state index is 12.8. The molecule has 0 spiro atoms. The third kappa shape index (κ3) is 5.49. The number of hydrogen-bond acceptors (Lipinski definition) is 4. The average molecular weight is 465 g/mol. The van der Waals surface area contributed by atoms with Crippen LogP contribution in [0.4, 0.5) is 13.2 Å². The Morgan fingerprint density at radius 1 is 1.12 bits per heavy atom. The Labute approximate surface area is 190 Å². The molecule has 2 aromatic rings. The Hall–Kier alpha value is -2.41. The number of aliphatic hydroxyl groups excluding tert-OH is 1. The first-order valence-electron chi connectivity index (χ1n) is 10.5. The van der Waals surface area contributed by atoms with Crippen molar-refractivity contribution < 1.29 is 27.8 Å². The molecule has 0 saturated heterocycles. The first-order chi connectivity index (χ1) is 15.0. The topological polar surface area (TPSA) is 46.5 Å². The number of halogens is 3. The number of aryl methyl sites for hydroxylation is 3. The van der Waals surface area contributed by atoms with Crippen molar-refractivity contribution in [3.8, 4) is 0 Å². The Bertz CT molecular complexity index is 1000. The lowest BCUT2D eigenvalue weighted by molar-refractivity contribution is -0.146. The molecule has 0 aliphatic carbocycles. The number of esters is 1. The van der Waals surface area contributed by atoms with Gasteiger partial charge in [-0.05, 0) is 79.8 Å². The van der Waals surface area contributed by atoms with Crippen LogP contribution in [-0.4, -0.2) is 22.9 Å². The van der Waals surface area contributed by atoms with E-state index in [-0.39, 0.29) is 23.7 Å². The summed E-state index contributed by atoms with van der Waals surface area (Å²) in [5, 5.41) is 10.7. The van der Waals surface area contributed by atoms with Gasteiger partial charge in [-0.25, -0.2) is 4.79 Å². The highest BCUT2D eigenvalue weighted by molar-refractivity contribution is 7.99. The molecule has 0 aromatic heterocycles. The molecule has 0 radical (unpaired) electrons. The van der Waals surface area contributed by atoms with Gasteiger partial charge in [0.05, 0.1) is 5.56 Å². The number of alkyl halides is 3. The fourth-order valence-electron chi connectivity index (χ4n) is 4.08. The SMILES string of the molecule is Cc1cc(C)c(C2=C(O)CC(C(C)CCSc3ccc(C(F)(F)F)cc3)OC2=O)c(C)c1. The normalized spacial score (nSPS) is 18.0. The molecule has 1 aliphatic rings. The standard InChI is InChI=1S/C25H27F3O3S/c1-14-11-16(3)22(17(4)12-14)23-20(29)13-21(31-24(23)30)15(2)9-10-32-19-7-5-18(6-8-19)25(26,27)28/h5-8,11-12,15,21,29H,9-10,13H2,1-4H3. The molecule has 1 heterocycles. The molecule has 2 atom stereocenters. The second kappa shape index (κ2) is 9.61. The minimum atomic E-state index is -4.34. The zero-order valence-electron chi connectivity index (χ0n) is 18.5. The van der Waals surface area contributed by atoms with Gasteiger partial charge in [0, 0.05) is 11.3 Å². The molecule has 172 valence electrons. The monoisotopic (exact) mass is 464 g/mol. The van der Waals surface area contributed by atoms with Crippen LogP contribution in [0.15, 0.2) is 47.1 Å². The molecule has 2 unspecified atom stereocenters. The van der Waals surface area contributed by atoms with E-state index in [1.165, 1.54) is 23.9 Å². The molecular weight excluding hydrogens is 437 g/mol. The van der Waals surface area contributed by atoms with Crippen LogP contribution in [0.1, 0.15) is 47.6 Å². The second-order valence-electron chi connectivity index (χ2n) is 8.38. The summed E-state index contributed by atoms with van der Waals surface area (Å²) in [5.41, 5.74) is 3.22. The minimum absolute atomic E-state index is 0.00944. The lowest BCUT2D eigenvalue weighted by Crippen LogP contribution is -2.31. The van der Waals surface area contributed by atoms with Crippen molar-refractivity contribution in [2.24, 2.45) is 5.92 Å². The summed E-state index contributed by atoms with van der Waals surface area (Å²) in [6.07, 6.45) is -3.84. The van der Waals surface area contributed by atoms with Gasteiger partial charge in [-0.15, -0.1) is 11.8 Å². The van der Waals surface area contributed by atoms with Crippen molar-refractivity contribution in [2.45, 2.75) is 57.7 Å². The van der Waals surface area contributed by atoms with Crippen LogP contribution in [0.5, 0.6) is 0 Å². The van der Waals surface area contributed by atoms with E-state index in [4.69, 9.17) is 4.74 Å². The van der Waals surface area contributed by atoms with Gasteiger partial charge in [0.2, 0.25) is 0 Å².